The third-order valence-corrected chi connectivity index (χ3v) is 3.79. The molecule has 2 aromatic rings. The Morgan fingerprint density at radius 3 is 2.50 bits per heavy atom. The summed E-state index contributed by atoms with van der Waals surface area (Å²) >= 11 is 12.2. The molecule has 0 aliphatic carbocycles. The highest BCUT2D eigenvalue weighted by atomic mass is 35.5. The molecule has 0 aliphatic heterocycles. The number of hydrogen-bond donors (Lipinski definition) is 1. The highest BCUT2D eigenvalue weighted by molar-refractivity contribution is 6.45. The molecule has 0 unspecified atom stereocenters. The second kappa shape index (κ2) is 6.81. The number of aryl methyl sites for hydroxylation is 1. The first-order valence-corrected chi connectivity index (χ1v) is 7.09. The monoisotopic (exact) mass is 338 g/mol. The van der Waals surface area contributed by atoms with Crippen molar-refractivity contribution in [3.63, 3.8) is 0 Å². The van der Waals surface area contributed by atoms with E-state index in [-0.39, 0.29) is 27.1 Å². The molecule has 114 valence electrons. The number of carboxylic acid groups (broad SMARTS) is 1. The molecular weight excluding hydrogens is 327 g/mol. The van der Waals surface area contributed by atoms with Gasteiger partial charge in [-0.1, -0.05) is 47.0 Å². The van der Waals surface area contributed by atoms with Gasteiger partial charge in [-0.15, -0.1) is 0 Å². The second-order valence-corrected chi connectivity index (χ2v) is 5.38. The summed E-state index contributed by atoms with van der Waals surface area (Å²) in [4.78, 5) is 23.0. The van der Waals surface area contributed by atoms with E-state index < -0.39 is 12.6 Å². The topological polar surface area (TPSA) is 63.6 Å². The number of carbonyl (C=O) groups is 2. The number of ether oxygens (including phenoxy) is 1. The Bertz CT molecular complexity index is 741. The Morgan fingerprint density at radius 2 is 1.86 bits per heavy atom. The van der Waals surface area contributed by atoms with Crippen molar-refractivity contribution in [3.8, 4) is 5.75 Å². The van der Waals surface area contributed by atoms with E-state index >= 15 is 0 Å². The molecule has 22 heavy (non-hydrogen) atoms. The number of carbonyl (C=O) groups excluding carboxylic acids is 1. The average Bonchev–Trinajstić information content (AvgIpc) is 2.48. The quantitative estimate of drug-likeness (QED) is 0.837. The summed E-state index contributed by atoms with van der Waals surface area (Å²) in [5, 5.41) is 8.65. The molecule has 0 atom stereocenters. The molecule has 0 amide bonds. The highest BCUT2D eigenvalue weighted by Gasteiger charge is 2.18. The molecule has 0 heterocycles. The first kappa shape index (κ1) is 16.3. The fourth-order valence-corrected chi connectivity index (χ4v) is 2.36. The van der Waals surface area contributed by atoms with E-state index in [1.54, 1.807) is 18.2 Å². The molecule has 2 aromatic carbocycles. The molecule has 4 nitrogen and oxygen atoms in total. The SMILES string of the molecule is Cc1cccc(C(=O)c2ccc(OCC(=O)O)c(Cl)c2Cl)c1. The summed E-state index contributed by atoms with van der Waals surface area (Å²) in [5.74, 6) is -1.28. The van der Waals surface area contributed by atoms with Gasteiger partial charge in [0, 0.05) is 11.1 Å². The van der Waals surface area contributed by atoms with Gasteiger partial charge in [-0.2, -0.15) is 0 Å². The van der Waals surface area contributed by atoms with Crippen molar-refractivity contribution in [2.75, 3.05) is 6.61 Å². The van der Waals surface area contributed by atoms with E-state index in [0.717, 1.165) is 5.56 Å². The van der Waals surface area contributed by atoms with Gasteiger partial charge in [-0.05, 0) is 25.1 Å². The van der Waals surface area contributed by atoms with E-state index in [1.807, 2.05) is 13.0 Å². The standard InChI is InChI=1S/C16H12Cl2O4/c1-9-3-2-4-10(7-9)16(21)11-5-6-12(15(18)14(11)17)22-8-13(19)20/h2-7H,8H2,1H3,(H,19,20). The number of ketones is 1. The van der Waals surface area contributed by atoms with Crippen LogP contribution < -0.4 is 4.74 Å². The van der Waals surface area contributed by atoms with Crippen LogP contribution in [0.1, 0.15) is 21.5 Å². The van der Waals surface area contributed by atoms with Crippen LogP contribution in [0, 0.1) is 6.92 Å². The number of carboxylic acids is 1. The molecule has 0 radical (unpaired) electrons. The Hall–Kier alpha value is -2.04. The highest BCUT2D eigenvalue weighted by Crippen LogP contribution is 2.35. The van der Waals surface area contributed by atoms with Crippen LogP contribution in [-0.2, 0) is 4.79 Å². The van der Waals surface area contributed by atoms with Crippen molar-refractivity contribution in [1.29, 1.82) is 0 Å². The summed E-state index contributed by atoms with van der Waals surface area (Å²) in [5.41, 5.74) is 1.69. The average molecular weight is 339 g/mol. The van der Waals surface area contributed by atoms with Gasteiger partial charge in [0.05, 0.1) is 5.02 Å². The number of aliphatic carboxylic acids is 1. The van der Waals surface area contributed by atoms with E-state index in [4.69, 9.17) is 33.0 Å². The number of rotatable bonds is 5. The summed E-state index contributed by atoms with van der Waals surface area (Å²) in [6, 6.07) is 10.0. The third kappa shape index (κ3) is 3.59. The van der Waals surface area contributed by atoms with Crippen LogP contribution in [0.25, 0.3) is 0 Å². The van der Waals surface area contributed by atoms with Crippen molar-refractivity contribution in [2.24, 2.45) is 0 Å². The number of halogens is 2. The molecule has 6 heteroatoms. The molecule has 0 aliphatic rings. The molecule has 1 N–H and O–H groups in total. The van der Waals surface area contributed by atoms with E-state index in [1.165, 1.54) is 12.1 Å². The van der Waals surface area contributed by atoms with Gasteiger partial charge in [0.1, 0.15) is 10.8 Å². The Labute approximate surface area is 137 Å². The van der Waals surface area contributed by atoms with Crippen LogP contribution in [0.5, 0.6) is 5.75 Å². The van der Waals surface area contributed by atoms with Gasteiger partial charge in [0.25, 0.3) is 0 Å². The van der Waals surface area contributed by atoms with Crippen LogP contribution in [-0.4, -0.2) is 23.5 Å². The zero-order chi connectivity index (χ0) is 16.3. The molecule has 0 saturated heterocycles. The minimum Gasteiger partial charge on any atom is -0.480 e. The minimum absolute atomic E-state index is 0.0152. The van der Waals surface area contributed by atoms with Crippen LogP contribution in [0.3, 0.4) is 0 Å². The summed E-state index contributed by atoms with van der Waals surface area (Å²) < 4.78 is 5.01. The lowest BCUT2D eigenvalue weighted by Crippen LogP contribution is -2.10. The van der Waals surface area contributed by atoms with Gasteiger partial charge in [-0.25, -0.2) is 4.79 Å². The molecule has 0 saturated carbocycles. The number of benzene rings is 2. The predicted octanol–water partition coefficient (Wildman–Crippen LogP) is 4.00. The van der Waals surface area contributed by atoms with Gasteiger partial charge < -0.3 is 9.84 Å². The lowest BCUT2D eigenvalue weighted by molar-refractivity contribution is -0.139. The van der Waals surface area contributed by atoms with Crippen molar-refractivity contribution in [2.45, 2.75) is 6.92 Å². The Morgan fingerprint density at radius 1 is 1.14 bits per heavy atom. The molecular formula is C16H12Cl2O4. The maximum atomic E-state index is 12.5. The minimum atomic E-state index is -1.13. The summed E-state index contributed by atoms with van der Waals surface area (Å²) in [6.45, 7) is 1.34. The summed E-state index contributed by atoms with van der Waals surface area (Å²) in [6.07, 6.45) is 0. The van der Waals surface area contributed by atoms with Crippen molar-refractivity contribution in [3.05, 3.63) is 63.1 Å². The van der Waals surface area contributed by atoms with Crippen molar-refractivity contribution >= 4 is 35.0 Å². The molecule has 2 rings (SSSR count). The van der Waals surface area contributed by atoms with Crippen LogP contribution in [0.4, 0.5) is 0 Å². The van der Waals surface area contributed by atoms with E-state index in [2.05, 4.69) is 0 Å². The lowest BCUT2D eigenvalue weighted by atomic mass is 10.0. The predicted molar refractivity (Wildman–Crippen MR) is 84.2 cm³/mol. The number of hydrogen-bond acceptors (Lipinski definition) is 3. The van der Waals surface area contributed by atoms with Gasteiger partial charge >= 0.3 is 5.97 Å². The van der Waals surface area contributed by atoms with Gasteiger partial charge in [0.15, 0.2) is 12.4 Å². The van der Waals surface area contributed by atoms with Gasteiger partial charge in [0.2, 0.25) is 0 Å². The van der Waals surface area contributed by atoms with Crippen molar-refractivity contribution < 1.29 is 19.4 Å². The molecule has 0 bridgehead atoms. The van der Waals surface area contributed by atoms with E-state index in [9.17, 15) is 9.59 Å². The Kier molecular flexibility index (Phi) is 5.06. The van der Waals surface area contributed by atoms with Crippen LogP contribution in [0.15, 0.2) is 36.4 Å². The van der Waals surface area contributed by atoms with Crippen LogP contribution >= 0.6 is 23.2 Å². The summed E-state index contributed by atoms with van der Waals surface area (Å²) in [7, 11) is 0. The Balaban J connectivity index is 2.35. The zero-order valence-corrected chi connectivity index (χ0v) is 13.1. The first-order chi connectivity index (χ1) is 10.4. The maximum absolute atomic E-state index is 12.5. The van der Waals surface area contributed by atoms with Crippen LogP contribution in [0.2, 0.25) is 10.0 Å². The van der Waals surface area contributed by atoms with E-state index in [0.29, 0.717) is 5.56 Å². The maximum Gasteiger partial charge on any atom is 0.341 e. The van der Waals surface area contributed by atoms with Crippen molar-refractivity contribution in [1.82, 2.24) is 0 Å². The lowest BCUT2D eigenvalue weighted by Gasteiger charge is -2.10. The zero-order valence-electron chi connectivity index (χ0n) is 11.6. The normalized spacial score (nSPS) is 10.3. The fourth-order valence-electron chi connectivity index (χ4n) is 1.90. The molecule has 0 aromatic heterocycles. The largest absolute Gasteiger partial charge is 0.480 e. The molecule has 0 spiro atoms. The third-order valence-electron chi connectivity index (χ3n) is 2.92. The molecule has 0 fully saturated rings. The smallest absolute Gasteiger partial charge is 0.341 e. The second-order valence-electron chi connectivity index (χ2n) is 4.62. The van der Waals surface area contributed by atoms with Gasteiger partial charge in [-0.3, -0.25) is 4.79 Å². The first-order valence-electron chi connectivity index (χ1n) is 6.34. The fraction of sp³-hybridized carbons (Fsp3) is 0.125.